The number of fused-ring (bicyclic) bond motifs is 1. The number of halogens is 2. The van der Waals surface area contributed by atoms with E-state index in [9.17, 15) is 8.78 Å². The Kier molecular flexibility index (Phi) is 4.11. The van der Waals surface area contributed by atoms with Crippen molar-refractivity contribution in [3.63, 3.8) is 0 Å². The third-order valence-electron chi connectivity index (χ3n) is 4.09. The van der Waals surface area contributed by atoms with Crippen LogP contribution in [-0.2, 0) is 0 Å². The number of anilines is 2. The first kappa shape index (κ1) is 16.8. The molecule has 9 heteroatoms. The number of aromatic nitrogens is 5. The monoisotopic (exact) mass is 367 g/mol. The van der Waals surface area contributed by atoms with E-state index in [-0.39, 0.29) is 5.95 Å². The Morgan fingerprint density at radius 1 is 1.19 bits per heavy atom. The van der Waals surface area contributed by atoms with Crippen LogP contribution in [0.5, 0.6) is 0 Å². The van der Waals surface area contributed by atoms with E-state index >= 15 is 0 Å². The fourth-order valence-corrected chi connectivity index (χ4v) is 2.84. The average Bonchev–Trinajstić information content (AvgIpc) is 3.05. The number of nitrogen functional groups attached to an aromatic ring is 1. The lowest BCUT2D eigenvalue weighted by atomic mass is 10.1. The molecule has 0 saturated heterocycles. The Morgan fingerprint density at radius 2 is 2.04 bits per heavy atom. The largest absolute Gasteiger partial charge is 0.368 e. The lowest BCUT2D eigenvalue weighted by Crippen LogP contribution is -2.11. The van der Waals surface area contributed by atoms with Crippen LogP contribution in [0.2, 0.25) is 0 Å². The zero-order valence-electron chi connectivity index (χ0n) is 14.3. The number of hydrogen-bond acceptors (Lipinski definition) is 6. The van der Waals surface area contributed by atoms with Crippen LogP contribution >= 0.6 is 0 Å². The number of nitrogens with two attached hydrogens (primary N) is 1. The van der Waals surface area contributed by atoms with Crippen LogP contribution < -0.4 is 11.1 Å². The highest BCUT2D eigenvalue weighted by Gasteiger charge is 2.15. The van der Waals surface area contributed by atoms with Crippen LogP contribution in [0.1, 0.15) is 18.5 Å². The minimum absolute atomic E-state index is 0.0528. The van der Waals surface area contributed by atoms with Crippen molar-refractivity contribution in [2.24, 2.45) is 0 Å². The molecule has 3 aromatic heterocycles. The molecule has 0 aliphatic heterocycles. The van der Waals surface area contributed by atoms with E-state index in [1.54, 1.807) is 42.2 Å². The molecule has 3 heterocycles. The third kappa shape index (κ3) is 3.26. The summed E-state index contributed by atoms with van der Waals surface area (Å²) in [5.41, 5.74) is 8.00. The maximum atomic E-state index is 14.0. The first-order valence-corrected chi connectivity index (χ1v) is 8.16. The maximum absolute atomic E-state index is 14.0. The van der Waals surface area contributed by atoms with Gasteiger partial charge >= 0.3 is 0 Å². The van der Waals surface area contributed by atoms with Crippen molar-refractivity contribution in [3.05, 3.63) is 66.1 Å². The first-order chi connectivity index (χ1) is 13.0. The van der Waals surface area contributed by atoms with E-state index in [1.807, 2.05) is 0 Å². The average molecular weight is 367 g/mol. The summed E-state index contributed by atoms with van der Waals surface area (Å²) < 4.78 is 28.7. The lowest BCUT2D eigenvalue weighted by Gasteiger charge is -2.16. The fraction of sp³-hybridized carbons (Fsp3) is 0.111. The van der Waals surface area contributed by atoms with Crippen molar-refractivity contribution in [1.82, 2.24) is 24.6 Å². The van der Waals surface area contributed by atoms with Crippen LogP contribution in [0, 0.1) is 11.6 Å². The van der Waals surface area contributed by atoms with Gasteiger partial charge in [0.2, 0.25) is 5.95 Å². The Hall–Kier alpha value is -3.62. The Bertz CT molecular complexity index is 1130. The van der Waals surface area contributed by atoms with E-state index in [4.69, 9.17) is 5.73 Å². The first-order valence-electron chi connectivity index (χ1n) is 8.16. The van der Waals surface area contributed by atoms with Crippen molar-refractivity contribution >= 4 is 17.4 Å². The second kappa shape index (κ2) is 6.60. The van der Waals surface area contributed by atoms with Gasteiger partial charge in [-0.3, -0.25) is 0 Å². The Labute approximate surface area is 152 Å². The van der Waals surface area contributed by atoms with Gasteiger partial charge < -0.3 is 11.1 Å². The topological polar surface area (TPSA) is 94.0 Å². The van der Waals surface area contributed by atoms with Gasteiger partial charge in [-0.05, 0) is 19.1 Å². The Morgan fingerprint density at radius 3 is 2.85 bits per heavy atom. The predicted molar refractivity (Wildman–Crippen MR) is 96.8 cm³/mol. The smallest absolute Gasteiger partial charge is 0.222 e. The highest BCUT2D eigenvalue weighted by atomic mass is 19.1. The van der Waals surface area contributed by atoms with Crippen LogP contribution in [0.25, 0.3) is 16.9 Å². The number of nitrogens with one attached hydrogen (secondary N) is 1. The highest BCUT2D eigenvalue weighted by molar-refractivity contribution is 5.76. The van der Waals surface area contributed by atoms with Crippen LogP contribution in [0.3, 0.4) is 0 Å². The number of nitrogens with zero attached hydrogens (tertiary/aromatic N) is 5. The van der Waals surface area contributed by atoms with Crippen LogP contribution in [0.15, 0.2) is 48.9 Å². The van der Waals surface area contributed by atoms with Crippen molar-refractivity contribution in [1.29, 1.82) is 0 Å². The number of hydrogen-bond donors (Lipinski definition) is 2. The summed E-state index contributed by atoms with van der Waals surface area (Å²) >= 11 is 0. The maximum Gasteiger partial charge on any atom is 0.222 e. The zero-order valence-corrected chi connectivity index (χ0v) is 14.3. The summed E-state index contributed by atoms with van der Waals surface area (Å²) in [5.74, 6) is -0.803. The molecule has 0 aliphatic rings. The van der Waals surface area contributed by atoms with Gasteiger partial charge in [0.15, 0.2) is 5.65 Å². The molecule has 1 unspecified atom stereocenters. The Balaban J connectivity index is 1.68. The number of rotatable bonds is 4. The molecule has 0 aliphatic carbocycles. The second-order valence-corrected chi connectivity index (χ2v) is 5.97. The quantitative estimate of drug-likeness (QED) is 0.575. The molecule has 3 N–H and O–H groups in total. The summed E-state index contributed by atoms with van der Waals surface area (Å²) in [6.45, 7) is 1.74. The molecule has 7 nitrogen and oxygen atoms in total. The normalized spacial score (nSPS) is 12.3. The van der Waals surface area contributed by atoms with Crippen molar-refractivity contribution in [3.8, 4) is 11.3 Å². The van der Waals surface area contributed by atoms with E-state index in [0.29, 0.717) is 28.3 Å². The predicted octanol–water partition coefficient (Wildman–Crippen LogP) is 3.22. The summed E-state index contributed by atoms with van der Waals surface area (Å²) in [7, 11) is 0. The van der Waals surface area contributed by atoms with Gasteiger partial charge in [-0.25, -0.2) is 23.3 Å². The molecule has 4 aromatic rings. The molecule has 1 aromatic carbocycles. The molecule has 27 heavy (non-hydrogen) atoms. The van der Waals surface area contributed by atoms with E-state index in [1.165, 1.54) is 12.1 Å². The second-order valence-electron chi connectivity index (χ2n) is 5.97. The van der Waals surface area contributed by atoms with Gasteiger partial charge in [0.05, 0.1) is 23.5 Å². The van der Waals surface area contributed by atoms with Crippen LogP contribution in [0.4, 0.5) is 20.5 Å². The minimum Gasteiger partial charge on any atom is -0.368 e. The highest BCUT2D eigenvalue weighted by Crippen LogP contribution is 2.26. The fourth-order valence-electron chi connectivity index (χ4n) is 2.84. The molecule has 0 spiro atoms. The molecular formula is C18H15F2N7. The summed E-state index contributed by atoms with van der Waals surface area (Å²) in [6, 6.07) is 6.43. The van der Waals surface area contributed by atoms with E-state index in [0.717, 1.165) is 6.07 Å². The molecule has 136 valence electrons. The van der Waals surface area contributed by atoms with Gasteiger partial charge in [-0.1, -0.05) is 6.07 Å². The van der Waals surface area contributed by atoms with Crippen molar-refractivity contribution in [2.75, 3.05) is 11.1 Å². The SMILES string of the molecule is CC(Nc1cc(-c2cnn3cccnc23)nc(N)n1)c1ccc(F)cc1F. The summed E-state index contributed by atoms with van der Waals surface area (Å²) in [6.07, 6.45) is 5.06. The molecule has 4 rings (SSSR count). The minimum atomic E-state index is -0.635. The lowest BCUT2D eigenvalue weighted by molar-refractivity contribution is 0.566. The molecule has 0 fully saturated rings. The standard InChI is InChI=1S/C18H15F2N7/c1-10(12-4-3-11(19)7-14(12)20)24-16-8-15(25-18(21)26-16)13-9-23-27-6-2-5-22-17(13)27/h2-10H,1H3,(H3,21,24,25,26). The van der Waals surface area contributed by atoms with Crippen molar-refractivity contribution in [2.45, 2.75) is 13.0 Å². The van der Waals surface area contributed by atoms with Gasteiger partial charge in [-0.15, -0.1) is 0 Å². The molecular weight excluding hydrogens is 352 g/mol. The van der Waals surface area contributed by atoms with Gasteiger partial charge in [0.1, 0.15) is 17.5 Å². The number of benzene rings is 1. The van der Waals surface area contributed by atoms with Crippen molar-refractivity contribution < 1.29 is 8.78 Å². The molecule has 0 bridgehead atoms. The van der Waals surface area contributed by atoms with E-state index in [2.05, 4.69) is 25.4 Å². The third-order valence-corrected chi connectivity index (χ3v) is 4.09. The molecule has 1 atom stereocenters. The van der Waals surface area contributed by atoms with E-state index < -0.39 is 17.7 Å². The molecule has 0 radical (unpaired) electrons. The van der Waals surface area contributed by atoms with Crippen LogP contribution in [-0.4, -0.2) is 24.6 Å². The molecule has 0 saturated carbocycles. The van der Waals surface area contributed by atoms with Gasteiger partial charge in [0, 0.05) is 30.1 Å². The zero-order chi connectivity index (χ0) is 19.0. The molecule has 0 amide bonds. The summed E-state index contributed by atoms with van der Waals surface area (Å²) in [5, 5.41) is 7.30. The summed E-state index contributed by atoms with van der Waals surface area (Å²) in [4.78, 5) is 12.7. The van der Waals surface area contributed by atoms with Gasteiger partial charge in [0.25, 0.3) is 0 Å². The van der Waals surface area contributed by atoms with Gasteiger partial charge in [-0.2, -0.15) is 10.1 Å².